The topological polar surface area (TPSA) is 73.9 Å². The largest absolute Gasteiger partial charge is 0.493 e. The lowest BCUT2D eigenvalue weighted by Gasteiger charge is -2.34. The van der Waals surface area contributed by atoms with Gasteiger partial charge < -0.3 is 14.2 Å². The lowest BCUT2D eigenvalue weighted by Crippen LogP contribution is -2.44. The standard InChI is InChI=1S/C33H37NO5/c1-17-9-11-21(12-10-17)30-28-20(4)27(18(2)19(3)31(28)39-33(30,5)6)29-23(16-26(35)34-32(29)36)22-13-14-24(37-7)25(15-22)38-8/h9-15,23,29-30H,16H2,1-8H3,(H,34,35,36)/t23?,29-,30?/m1/s1. The van der Waals surface area contributed by atoms with Gasteiger partial charge >= 0.3 is 0 Å². The first-order valence-corrected chi connectivity index (χ1v) is 13.4. The van der Waals surface area contributed by atoms with Gasteiger partial charge in [-0.05, 0) is 87.1 Å². The number of benzene rings is 3. The summed E-state index contributed by atoms with van der Waals surface area (Å²) >= 11 is 0. The number of amides is 2. The van der Waals surface area contributed by atoms with E-state index in [0.717, 1.165) is 39.1 Å². The van der Waals surface area contributed by atoms with Crippen molar-refractivity contribution in [2.45, 2.75) is 71.3 Å². The van der Waals surface area contributed by atoms with Crippen LogP contribution < -0.4 is 19.5 Å². The van der Waals surface area contributed by atoms with E-state index in [-0.39, 0.29) is 30.1 Å². The molecule has 1 fully saturated rings. The van der Waals surface area contributed by atoms with Gasteiger partial charge in [-0.2, -0.15) is 0 Å². The Kier molecular flexibility index (Phi) is 6.69. The highest BCUT2D eigenvalue weighted by Crippen LogP contribution is 2.55. The van der Waals surface area contributed by atoms with Gasteiger partial charge in [-0.1, -0.05) is 35.9 Å². The summed E-state index contributed by atoms with van der Waals surface area (Å²) in [4.78, 5) is 26.4. The molecule has 2 aliphatic rings. The van der Waals surface area contributed by atoms with E-state index in [9.17, 15) is 9.59 Å². The molecule has 2 heterocycles. The average molecular weight is 528 g/mol. The number of carbonyl (C=O) groups is 2. The van der Waals surface area contributed by atoms with Crippen molar-refractivity contribution < 1.29 is 23.8 Å². The number of hydrogen-bond acceptors (Lipinski definition) is 5. The van der Waals surface area contributed by atoms with Gasteiger partial charge in [0.1, 0.15) is 11.4 Å². The molecule has 0 saturated carbocycles. The van der Waals surface area contributed by atoms with Crippen molar-refractivity contribution in [3.63, 3.8) is 0 Å². The summed E-state index contributed by atoms with van der Waals surface area (Å²) in [7, 11) is 3.18. The molecular weight excluding hydrogens is 490 g/mol. The van der Waals surface area contributed by atoms with E-state index in [2.05, 4.69) is 71.1 Å². The zero-order valence-corrected chi connectivity index (χ0v) is 24.0. The molecule has 3 aromatic carbocycles. The van der Waals surface area contributed by atoms with Crippen molar-refractivity contribution >= 4 is 11.8 Å². The third kappa shape index (κ3) is 4.36. The highest BCUT2D eigenvalue weighted by molar-refractivity contribution is 6.02. The Morgan fingerprint density at radius 3 is 2.10 bits per heavy atom. The summed E-state index contributed by atoms with van der Waals surface area (Å²) in [5.74, 6) is 0.623. The normalized spacial score (nSPS) is 21.7. The number of imide groups is 1. The Morgan fingerprint density at radius 2 is 1.46 bits per heavy atom. The van der Waals surface area contributed by atoms with Crippen LogP contribution in [0.15, 0.2) is 42.5 Å². The van der Waals surface area contributed by atoms with Crippen molar-refractivity contribution in [1.29, 1.82) is 0 Å². The van der Waals surface area contributed by atoms with E-state index < -0.39 is 11.5 Å². The van der Waals surface area contributed by atoms with Gasteiger partial charge in [-0.15, -0.1) is 0 Å². The first-order valence-electron chi connectivity index (χ1n) is 13.4. The molecule has 2 aliphatic heterocycles. The number of methoxy groups -OCH3 is 2. The Labute approximate surface area is 230 Å². The quantitative estimate of drug-likeness (QED) is 0.403. The number of ether oxygens (including phenoxy) is 3. The maximum atomic E-state index is 13.7. The Bertz CT molecular complexity index is 1470. The molecule has 204 valence electrons. The summed E-state index contributed by atoms with van der Waals surface area (Å²) < 4.78 is 17.6. The first-order chi connectivity index (χ1) is 18.5. The molecular formula is C33H37NO5. The number of nitrogens with one attached hydrogen (secondary N) is 1. The van der Waals surface area contributed by atoms with Crippen LogP contribution in [0.1, 0.15) is 82.5 Å². The fourth-order valence-electron chi connectivity index (χ4n) is 6.61. The van der Waals surface area contributed by atoms with E-state index in [1.54, 1.807) is 14.2 Å². The second kappa shape index (κ2) is 9.74. The van der Waals surface area contributed by atoms with Crippen molar-refractivity contribution in [3.05, 3.63) is 87.0 Å². The minimum absolute atomic E-state index is 0.000959. The number of hydrogen-bond donors (Lipinski definition) is 1. The van der Waals surface area contributed by atoms with Gasteiger partial charge in [0, 0.05) is 17.9 Å². The number of fused-ring (bicyclic) bond motifs is 1. The fraction of sp³-hybridized carbons (Fsp3) is 0.394. The molecule has 0 bridgehead atoms. The molecule has 2 amide bonds. The van der Waals surface area contributed by atoms with Crippen LogP contribution >= 0.6 is 0 Å². The van der Waals surface area contributed by atoms with Crippen molar-refractivity contribution in [2.24, 2.45) is 0 Å². The second-order valence-electron chi connectivity index (χ2n) is 11.4. The number of piperidine rings is 1. The van der Waals surface area contributed by atoms with E-state index in [0.29, 0.717) is 11.5 Å². The summed E-state index contributed by atoms with van der Waals surface area (Å²) in [5, 5.41) is 2.62. The van der Waals surface area contributed by atoms with Gasteiger partial charge in [0.05, 0.1) is 26.1 Å². The monoisotopic (exact) mass is 527 g/mol. The van der Waals surface area contributed by atoms with E-state index in [1.165, 1.54) is 11.1 Å². The third-order valence-electron chi connectivity index (χ3n) is 8.62. The smallest absolute Gasteiger partial charge is 0.234 e. The summed E-state index contributed by atoms with van der Waals surface area (Å²) in [6.07, 6.45) is 0.199. The molecule has 3 aromatic rings. The summed E-state index contributed by atoms with van der Waals surface area (Å²) in [6, 6.07) is 14.3. The molecule has 3 atom stereocenters. The van der Waals surface area contributed by atoms with Crippen molar-refractivity contribution in [3.8, 4) is 17.2 Å². The number of aryl methyl sites for hydroxylation is 1. The minimum Gasteiger partial charge on any atom is -0.493 e. The van der Waals surface area contributed by atoms with Crippen LogP contribution in [0.5, 0.6) is 17.2 Å². The van der Waals surface area contributed by atoms with E-state index in [1.807, 2.05) is 18.2 Å². The van der Waals surface area contributed by atoms with Crippen LogP contribution in [-0.4, -0.2) is 31.6 Å². The number of rotatable bonds is 5. The lowest BCUT2D eigenvalue weighted by molar-refractivity contribution is -0.135. The summed E-state index contributed by atoms with van der Waals surface area (Å²) in [6.45, 7) is 12.6. The highest BCUT2D eigenvalue weighted by atomic mass is 16.5. The van der Waals surface area contributed by atoms with Crippen LogP contribution in [0.3, 0.4) is 0 Å². The molecule has 6 heteroatoms. The van der Waals surface area contributed by atoms with Gasteiger partial charge in [0.2, 0.25) is 11.8 Å². The van der Waals surface area contributed by atoms with Crippen LogP contribution in [0.2, 0.25) is 0 Å². The molecule has 1 saturated heterocycles. The van der Waals surface area contributed by atoms with Crippen molar-refractivity contribution in [2.75, 3.05) is 14.2 Å². The van der Waals surface area contributed by atoms with Gasteiger partial charge in [0.15, 0.2) is 11.5 Å². The molecule has 1 N–H and O–H groups in total. The maximum absolute atomic E-state index is 13.7. The predicted octanol–water partition coefficient (Wildman–Crippen LogP) is 6.15. The Balaban J connectivity index is 1.72. The molecule has 2 unspecified atom stereocenters. The van der Waals surface area contributed by atoms with Gasteiger partial charge in [-0.25, -0.2) is 0 Å². The first kappa shape index (κ1) is 26.8. The van der Waals surface area contributed by atoms with Crippen LogP contribution in [0.4, 0.5) is 0 Å². The maximum Gasteiger partial charge on any atom is 0.234 e. The molecule has 0 spiro atoms. The third-order valence-corrected chi connectivity index (χ3v) is 8.62. The highest BCUT2D eigenvalue weighted by Gasteiger charge is 2.47. The molecule has 0 aromatic heterocycles. The minimum atomic E-state index is -0.549. The van der Waals surface area contributed by atoms with E-state index in [4.69, 9.17) is 14.2 Å². The molecule has 39 heavy (non-hydrogen) atoms. The molecule has 5 rings (SSSR count). The van der Waals surface area contributed by atoms with Gasteiger partial charge in [-0.3, -0.25) is 14.9 Å². The van der Waals surface area contributed by atoms with Crippen LogP contribution in [0, 0.1) is 27.7 Å². The average Bonchev–Trinajstić information content (AvgIpc) is 3.19. The Morgan fingerprint density at radius 1 is 0.821 bits per heavy atom. The van der Waals surface area contributed by atoms with Crippen molar-refractivity contribution in [1.82, 2.24) is 5.32 Å². The predicted molar refractivity (Wildman–Crippen MR) is 151 cm³/mol. The molecule has 0 aliphatic carbocycles. The number of carbonyl (C=O) groups excluding carboxylic acids is 2. The van der Waals surface area contributed by atoms with Gasteiger partial charge in [0.25, 0.3) is 0 Å². The molecule has 6 nitrogen and oxygen atoms in total. The molecule has 0 radical (unpaired) electrons. The van der Waals surface area contributed by atoms with E-state index >= 15 is 0 Å². The second-order valence-corrected chi connectivity index (χ2v) is 11.4. The lowest BCUT2D eigenvalue weighted by atomic mass is 9.70. The zero-order chi connectivity index (χ0) is 28.2. The summed E-state index contributed by atoms with van der Waals surface area (Å²) in [5.41, 5.74) is 7.97. The Hall–Kier alpha value is -3.80. The fourth-order valence-corrected chi connectivity index (χ4v) is 6.61. The van der Waals surface area contributed by atoms with Crippen LogP contribution in [0.25, 0.3) is 0 Å². The van der Waals surface area contributed by atoms with Crippen LogP contribution in [-0.2, 0) is 9.59 Å². The zero-order valence-electron chi connectivity index (χ0n) is 24.0. The SMILES string of the molecule is COc1ccc(C2CC(=O)NC(=O)[C@H]2c2c(C)c(C)c3c(c2C)C(c2ccc(C)cc2)C(C)(C)O3)cc1OC.